The van der Waals surface area contributed by atoms with Crippen LogP contribution in [0.3, 0.4) is 0 Å². The van der Waals surface area contributed by atoms with Crippen LogP contribution in [0.2, 0.25) is 0 Å². The van der Waals surface area contributed by atoms with Gasteiger partial charge in [0.1, 0.15) is 5.82 Å². The molecule has 1 aromatic heterocycles. The fourth-order valence-electron chi connectivity index (χ4n) is 3.33. The lowest BCUT2D eigenvalue weighted by molar-refractivity contribution is 0.0713. The second kappa shape index (κ2) is 7.71. The number of benzene rings is 2. The Morgan fingerprint density at radius 2 is 1.64 bits per heavy atom. The van der Waals surface area contributed by atoms with E-state index < -0.39 is 0 Å². The molecule has 3 aromatic rings. The van der Waals surface area contributed by atoms with Crippen molar-refractivity contribution >= 4 is 38.8 Å². The molecule has 1 aliphatic rings. The van der Waals surface area contributed by atoms with Crippen molar-refractivity contribution in [3.8, 4) is 0 Å². The lowest BCUT2D eigenvalue weighted by atomic mass is 10.2. The Kier molecular flexibility index (Phi) is 5.13. The number of rotatable bonds is 2. The third-order valence-corrected chi connectivity index (χ3v) is 5.30. The van der Waals surface area contributed by atoms with E-state index in [0.717, 1.165) is 15.5 Å². The van der Waals surface area contributed by atoms with E-state index in [-0.39, 0.29) is 17.6 Å². The summed E-state index contributed by atoms with van der Waals surface area (Å²) in [4.78, 5) is 36.4. The SMILES string of the molecule is O=C(c1ccc(F)cc1)N1CCCN(C(=O)c2nc3ccc(Br)cc3[nH]2)CC1. The molecule has 0 saturated carbocycles. The number of nitrogens with one attached hydrogen (secondary N) is 1. The summed E-state index contributed by atoms with van der Waals surface area (Å²) in [6.45, 7) is 1.94. The number of amides is 2. The van der Waals surface area contributed by atoms with Gasteiger partial charge in [-0.1, -0.05) is 15.9 Å². The highest BCUT2D eigenvalue weighted by Crippen LogP contribution is 2.19. The average Bonchev–Trinajstić information content (AvgIpc) is 2.95. The molecule has 0 radical (unpaired) electrons. The zero-order valence-electron chi connectivity index (χ0n) is 15.0. The van der Waals surface area contributed by atoms with E-state index in [4.69, 9.17) is 0 Å². The first-order chi connectivity index (χ1) is 13.5. The first kappa shape index (κ1) is 18.6. The van der Waals surface area contributed by atoms with E-state index >= 15 is 0 Å². The molecule has 1 saturated heterocycles. The number of aromatic amines is 1. The zero-order valence-corrected chi connectivity index (χ0v) is 16.6. The minimum atomic E-state index is -0.373. The highest BCUT2D eigenvalue weighted by Gasteiger charge is 2.25. The van der Waals surface area contributed by atoms with Crippen LogP contribution in [0.4, 0.5) is 4.39 Å². The van der Waals surface area contributed by atoms with Crippen LogP contribution in [0.5, 0.6) is 0 Å². The van der Waals surface area contributed by atoms with E-state index in [2.05, 4.69) is 25.9 Å². The van der Waals surface area contributed by atoms with Gasteiger partial charge in [-0.2, -0.15) is 0 Å². The molecule has 0 bridgehead atoms. The number of hydrogen-bond donors (Lipinski definition) is 1. The minimum absolute atomic E-state index is 0.150. The smallest absolute Gasteiger partial charge is 0.289 e. The first-order valence-electron chi connectivity index (χ1n) is 9.00. The molecule has 6 nitrogen and oxygen atoms in total. The number of hydrogen-bond acceptors (Lipinski definition) is 3. The van der Waals surface area contributed by atoms with Gasteiger partial charge in [-0.05, 0) is 48.9 Å². The van der Waals surface area contributed by atoms with Crippen LogP contribution in [-0.2, 0) is 0 Å². The van der Waals surface area contributed by atoms with Crippen LogP contribution < -0.4 is 0 Å². The standard InChI is InChI=1S/C20H18BrFN4O2/c21-14-4-7-16-17(12-14)24-18(23-16)20(28)26-9-1-8-25(10-11-26)19(27)13-2-5-15(22)6-3-13/h2-7,12H,1,8-11H2,(H,23,24). The first-order valence-corrected chi connectivity index (χ1v) is 9.80. The topological polar surface area (TPSA) is 69.3 Å². The number of carbonyl (C=O) groups is 2. The van der Waals surface area contributed by atoms with Crippen LogP contribution in [-0.4, -0.2) is 57.8 Å². The molecule has 0 unspecified atom stereocenters. The Labute approximate surface area is 169 Å². The Morgan fingerprint density at radius 1 is 0.964 bits per heavy atom. The number of halogens is 2. The predicted octanol–water partition coefficient (Wildman–Crippen LogP) is 3.45. The summed E-state index contributed by atoms with van der Waals surface area (Å²) in [7, 11) is 0. The number of H-pyrrole nitrogens is 1. The molecule has 0 spiro atoms. The molecule has 0 atom stereocenters. The van der Waals surface area contributed by atoms with Crippen molar-refractivity contribution in [2.24, 2.45) is 0 Å². The molecule has 4 rings (SSSR count). The Morgan fingerprint density at radius 3 is 2.36 bits per heavy atom. The number of carbonyl (C=O) groups excluding carboxylic acids is 2. The van der Waals surface area contributed by atoms with E-state index in [0.29, 0.717) is 44.0 Å². The third-order valence-electron chi connectivity index (χ3n) is 4.81. The second-order valence-corrected chi connectivity index (χ2v) is 7.61. The number of aromatic nitrogens is 2. The molecular weight excluding hydrogens is 427 g/mol. The number of fused-ring (bicyclic) bond motifs is 1. The molecule has 2 aromatic carbocycles. The van der Waals surface area contributed by atoms with Crippen molar-refractivity contribution in [2.45, 2.75) is 6.42 Å². The molecule has 1 fully saturated rings. The largest absolute Gasteiger partial charge is 0.337 e. The molecule has 144 valence electrons. The van der Waals surface area contributed by atoms with Gasteiger partial charge >= 0.3 is 0 Å². The Balaban J connectivity index is 1.46. The minimum Gasteiger partial charge on any atom is -0.337 e. The third kappa shape index (κ3) is 3.77. The molecule has 2 heterocycles. The van der Waals surface area contributed by atoms with Gasteiger partial charge in [-0.3, -0.25) is 9.59 Å². The van der Waals surface area contributed by atoms with E-state index in [9.17, 15) is 14.0 Å². The van der Waals surface area contributed by atoms with Gasteiger partial charge in [0.2, 0.25) is 0 Å². The van der Waals surface area contributed by atoms with Crippen molar-refractivity contribution in [1.82, 2.24) is 19.8 Å². The Hall–Kier alpha value is -2.74. The van der Waals surface area contributed by atoms with Gasteiger partial charge in [0.05, 0.1) is 11.0 Å². The van der Waals surface area contributed by atoms with Crippen LogP contribution in [0.25, 0.3) is 11.0 Å². The number of nitrogens with zero attached hydrogens (tertiary/aromatic N) is 3. The van der Waals surface area contributed by atoms with Crippen molar-refractivity contribution in [3.63, 3.8) is 0 Å². The van der Waals surface area contributed by atoms with E-state index in [1.54, 1.807) is 9.80 Å². The summed E-state index contributed by atoms with van der Waals surface area (Å²) in [6.07, 6.45) is 0.671. The van der Waals surface area contributed by atoms with Crippen LogP contribution in [0.1, 0.15) is 27.4 Å². The lowest BCUT2D eigenvalue weighted by Gasteiger charge is -2.21. The number of imidazole rings is 1. The predicted molar refractivity (Wildman–Crippen MR) is 107 cm³/mol. The fraction of sp³-hybridized carbons (Fsp3) is 0.250. The molecule has 1 aliphatic heterocycles. The highest BCUT2D eigenvalue weighted by molar-refractivity contribution is 9.10. The quantitative estimate of drug-likeness (QED) is 0.657. The molecular formula is C20H18BrFN4O2. The maximum Gasteiger partial charge on any atom is 0.289 e. The molecule has 28 heavy (non-hydrogen) atoms. The summed E-state index contributed by atoms with van der Waals surface area (Å²) in [5.41, 5.74) is 1.97. The molecule has 2 amide bonds. The van der Waals surface area contributed by atoms with Gasteiger partial charge in [0, 0.05) is 36.2 Å². The van der Waals surface area contributed by atoms with E-state index in [1.165, 1.54) is 24.3 Å². The normalized spacial score (nSPS) is 14.9. The van der Waals surface area contributed by atoms with Gasteiger partial charge in [-0.15, -0.1) is 0 Å². The summed E-state index contributed by atoms with van der Waals surface area (Å²) < 4.78 is 14.0. The maximum absolute atomic E-state index is 13.1. The molecule has 1 N–H and O–H groups in total. The Bertz CT molecular complexity index is 1030. The van der Waals surface area contributed by atoms with Crippen molar-refractivity contribution in [3.05, 3.63) is 64.1 Å². The van der Waals surface area contributed by atoms with Crippen LogP contribution in [0.15, 0.2) is 46.9 Å². The average molecular weight is 445 g/mol. The van der Waals surface area contributed by atoms with Crippen molar-refractivity contribution in [2.75, 3.05) is 26.2 Å². The summed E-state index contributed by atoms with van der Waals surface area (Å²) in [5.74, 6) is -0.403. The molecule has 8 heteroatoms. The lowest BCUT2D eigenvalue weighted by Crippen LogP contribution is -2.37. The van der Waals surface area contributed by atoms with Crippen LogP contribution >= 0.6 is 15.9 Å². The maximum atomic E-state index is 13.1. The van der Waals surface area contributed by atoms with Gasteiger partial charge in [-0.25, -0.2) is 9.37 Å². The van der Waals surface area contributed by atoms with E-state index in [1.807, 2.05) is 18.2 Å². The monoisotopic (exact) mass is 444 g/mol. The highest BCUT2D eigenvalue weighted by atomic mass is 79.9. The zero-order chi connectivity index (χ0) is 19.7. The van der Waals surface area contributed by atoms with Gasteiger partial charge in [0.25, 0.3) is 11.8 Å². The van der Waals surface area contributed by atoms with Gasteiger partial charge < -0.3 is 14.8 Å². The fourth-order valence-corrected chi connectivity index (χ4v) is 3.69. The molecule has 0 aliphatic carbocycles. The summed E-state index contributed by atoms with van der Waals surface area (Å²) >= 11 is 3.41. The van der Waals surface area contributed by atoms with Crippen LogP contribution in [0, 0.1) is 5.82 Å². The van der Waals surface area contributed by atoms with Crippen molar-refractivity contribution in [1.29, 1.82) is 0 Å². The summed E-state index contributed by atoms with van der Waals surface area (Å²) in [6, 6.07) is 11.1. The second-order valence-electron chi connectivity index (χ2n) is 6.69. The van der Waals surface area contributed by atoms with Crippen molar-refractivity contribution < 1.29 is 14.0 Å². The van der Waals surface area contributed by atoms with Gasteiger partial charge in [0.15, 0.2) is 5.82 Å². The summed E-state index contributed by atoms with van der Waals surface area (Å²) in [5, 5.41) is 0.